The highest BCUT2D eigenvalue weighted by Gasteiger charge is 2.36. The Bertz CT molecular complexity index is 532. The molecule has 0 amide bonds. The molecule has 1 fully saturated rings. The van der Waals surface area contributed by atoms with Crippen LogP contribution in [0.4, 0.5) is 10.3 Å². The summed E-state index contributed by atoms with van der Waals surface area (Å²) in [5.74, 6) is 0.740. The van der Waals surface area contributed by atoms with Crippen LogP contribution in [-0.4, -0.2) is 9.55 Å². The smallest absolute Gasteiger partial charge is 0.201 e. The van der Waals surface area contributed by atoms with Crippen molar-refractivity contribution in [2.24, 2.45) is 5.92 Å². The molecule has 1 saturated carbocycles. The predicted octanol–water partition coefficient (Wildman–Crippen LogP) is 2.34. The van der Waals surface area contributed by atoms with Crippen molar-refractivity contribution in [3.05, 3.63) is 24.0 Å². The van der Waals surface area contributed by atoms with Crippen LogP contribution >= 0.6 is 0 Å². The first kappa shape index (κ1) is 8.71. The summed E-state index contributed by atoms with van der Waals surface area (Å²) in [7, 11) is 0. The van der Waals surface area contributed by atoms with E-state index in [1.165, 1.54) is 6.07 Å². The average Bonchev–Trinajstić information content (AvgIpc) is 2.78. The third-order valence-electron chi connectivity index (χ3n) is 3.10. The number of nitrogens with two attached hydrogens (primary N) is 1. The third kappa shape index (κ3) is 1.14. The van der Waals surface area contributed by atoms with Gasteiger partial charge >= 0.3 is 0 Å². The lowest BCUT2D eigenvalue weighted by Gasteiger charge is -2.03. The Morgan fingerprint density at radius 3 is 2.93 bits per heavy atom. The number of imidazole rings is 1. The van der Waals surface area contributed by atoms with Crippen LogP contribution in [0.2, 0.25) is 0 Å². The summed E-state index contributed by atoms with van der Waals surface area (Å²) < 4.78 is 15.4. The minimum atomic E-state index is -0.300. The van der Waals surface area contributed by atoms with Gasteiger partial charge in [0.25, 0.3) is 0 Å². The van der Waals surface area contributed by atoms with E-state index < -0.39 is 0 Å². The zero-order chi connectivity index (χ0) is 10.6. The van der Waals surface area contributed by atoms with Crippen LogP contribution in [0, 0.1) is 11.7 Å². The summed E-state index contributed by atoms with van der Waals surface area (Å²) in [6, 6.07) is 5.38. The van der Waals surface area contributed by atoms with Gasteiger partial charge in [0.15, 0.2) is 5.82 Å². The standard InChI is InChI=1S/C11H12FN3/c1-6-5-9(6)15-8-4-2-3-7(12)10(8)14-11(15)13/h2-4,6,9H,5H2,1H3,(H2,13,14). The number of halogens is 1. The van der Waals surface area contributed by atoms with Crippen molar-refractivity contribution in [2.75, 3.05) is 5.73 Å². The van der Waals surface area contributed by atoms with Gasteiger partial charge in [-0.05, 0) is 24.5 Å². The minimum absolute atomic E-state index is 0.300. The van der Waals surface area contributed by atoms with Crippen LogP contribution < -0.4 is 5.73 Å². The van der Waals surface area contributed by atoms with E-state index in [1.807, 2.05) is 10.6 Å². The zero-order valence-corrected chi connectivity index (χ0v) is 8.44. The first-order valence-corrected chi connectivity index (χ1v) is 5.10. The Labute approximate surface area is 86.7 Å². The molecule has 2 N–H and O–H groups in total. The molecule has 0 bridgehead atoms. The van der Waals surface area contributed by atoms with E-state index in [0.29, 0.717) is 23.4 Å². The number of aromatic nitrogens is 2. The summed E-state index contributed by atoms with van der Waals surface area (Å²) in [4.78, 5) is 4.07. The molecule has 78 valence electrons. The molecule has 0 aliphatic heterocycles. The van der Waals surface area contributed by atoms with Crippen LogP contribution in [-0.2, 0) is 0 Å². The van der Waals surface area contributed by atoms with Crippen LogP contribution in [0.1, 0.15) is 19.4 Å². The van der Waals surface area contributed by atoms with Crippen LogP contribution in [0.5, 0.6) is 0 Å². The lowest BCUT2D eigenvalue weighted by molar-refractivity contribution is 0.637. The third-order valence-corrected chi connectivity index (χ3v) is 3.10. The molecule has 1 aliphatic carbocycles. The summed E-state index contributed by atoms with van der Waals surface area (Å²) >= 11 is 0. The van der Waals surface area contributed by atoms with Gasteiger partial charge < -0.3 is 10.3 Å². The molecule has 2 unspecified atom stereocenters. The quantitative estimate of drug-likeness (QED) is 0.776. The molecule has 2 atom stereocenters. The highest BCUT2D eigenvalue weighted by Crippen LogP contribution is 2.45. The van der Waals surface area contributed by atoms with E-state index in [4.69, 9.17) is 5.73 Å². The lowest BCUT2D eigenvalue weighted by atomic mass is 10.3. The maximum atomic E-state index is 13.4. The first-order chi connectivity index (χ1) is 7.18. The SMILES string of the molecule is CC1CC1n1c(N)nc2c(F)cccc21. The van der Waals surface area contributed by atoms with Crippen molar-refractivity contribution in [2.45, 2.75) is 19.4 Å². The predicted molar refractivity (Wildman–Crippen MR) is 56.9 cm³/mol. The fraction of sp³-hybridized carbons (Fsp3) is 0.364. The van der Waals surface area contributed by atoms with E-state index >= 15 is 0 Å². The van der Waals surface area contributed by atoms with E-state index in [2.05, 4.69) is 11.9 Å². The topological polar surface area (TPSA) is 43.8 Å². The van der Waals surface area contributed by atoms with Crippen molar-refractivity contribution in [1.29, 1.82) is 0 Å². The molecule has 0 saturated heterocycles. The second kappa shape index (κ2) is 2.72. The molecule has 1 aromatic heterocycles. The molecule has 1 aliphatic rings. The van der Waals surface area contributed by atoms with Crippen LogP contribution in [0.15, 0.2) is 18.2 Å². The first-order valence-electron chi connectivity index (χ1n) is 5.10. The summed E-state index contributed by atoms with van der Waals surface area (Å²) in [6.07, 6.45) is 1.10. The summed E-state index contributed by atoms with van der Waals surface area (Å²) in [5.41, 5.74) is 7.00. The Balaban J connectivity index is 2.29. The number of nitrogens with zero attached hydrogens (tertiary/aromatic N) is 2. The maximum Gasteiger partial charge on any atom is 0.201 e. The molecule has 4 heteroatoms. The number of para-hydroxylation sites is 1. The average molecular weight is 205 g/mol. The number of anilines is 1. The van der Waals surface area contributed by atoms with Gasteiger partial charge in [0.1, 0.15) is 5.52 Å². The largest absolute Gasteiger partial charge is 0.369 e. The number of nitrogen functional groups attached to an aromatic ring is 1. The molecular weight excluding hydrogens is 193 g/mol. The second-order valence-corrected chi connectivity index (χ2v) is 4.23. The zero-order valence-electron chi connectivity index (χ0n) is 8.44. The van der Waals surface area contributed by atoms with E-state index in [-0.39, 0.29) is 5.82 Å². The number of hydrogen-bond donors (Lipinski definition) is 1. The van der Waals surface area contributed by atoms with Gasteiger partial charge in [-0.2, -0.15) is 0 Å². The fourth-order valence-electron chi connectivity index (χ4n) is 2.11. The number of benzene rings is 1. The Hall–Kier alpha value is -1.58. The summed E-state index contributed by atoms with van der Waals surface area (Å²) in [5, 5.41) is 0. The maximum absolute atomic E-state index is 13.4. The Morgan fingerprint density at radius 2 is 2.27 bits per heavy atom. The monoisotopic (exact) mass is 205 g/mol. The molecule has 3 rings (SSSR count). The highest BCUT2D eigenvalue weighted by molar-refractivity contribution is 5.79. The number of rotatable bonds is 1. The van der Waals surface area contributed by atoms with Gasteiger partial charge in [0.2, 0.25) is 5.95 Å². The van der Waals surface area contributed by atoms with Crippen molar-refractivity contribution in [3.63, 3.8) is 0 Å². The van der Waals surface area contributed by atoms with Crippen LogP contribution in [0.3, 0.4) is 0 Å². The second-order valence-electron chi connectivity index (χ2n) is 4.23. The van der Waals surface area contributed by atoms with Crippen LogP contribution in [0.25, 0.3) is 11.0 Å². The van der Waals surface area contributed by atoms with Gasteiger partial charge in [0, 0.05) is 6.04 Å². The van der Waals surface area contributed by atoms with Gasteiger partial charge in [-0.3, -0.25) is 0 Å². The lowest BCUT2D eigenvalue weighted by Crippen LogP contribution is -2.01. The van der Waals surface area contributed by atoms with E-state index in [0.717, 1.165) is 11.9 Å². The van der Waals surface area contributed by atoms with Gasteiger partial charge in [0.05, 0.1) is 5.52 Å². The molecule has 0 spiro atoms. The molecule has 2 aromatic rings. The molecule has 3 nitrogen and oxygen atoms in total. The van der Waals surface area contributed by atoms with Crippen molar-refractivity contribution < 1.29 is 4.39 Å². The number of fused-ring (bicyclic) bond motifs is 1. The van der Waals surface area contributed by atoms with Gasteiger partial charge in [-0.15, -0.1) is 0 Å². The Kier molecular flexibility index (Phi) is 1.58. The molecular formula is C11H12FN3. The van der Waals surface area contributed by atoms with Gasteiger partial charge in [-0.25, -0.2) is 9.37 Å². The Morgan fingerprint density at radius 1 is 1.53 bits per heavy atom. The molecule has 15 heavy (non-hydrogen) atoms. The molecule has 0 radical (unpaired) electrons. The van der Waals surface area contributed by atoms with E-state index in [1.54, 1.807) is 6.07 Å². The normalized spacial score (nSPS) is 24.7. The van der Waals surface area contributed by atoms with E-state index in [9.17, 15) is 4.39 Å². The minimum Gasteiger partial charge on any atom is -0.369 e. The molecule has 1 heterocycles. The van der Waals surface area contributed by atoms with Gasteiger partial charge in [-0.1, -0.05) is 13.0 Å². The fourth-order valence-corrected chi connectivity index (χ4v) is 2.11. The molecule has 1 aromatic carbocycles. The van der Waals surface area contributed by atoms with Crippen molar-refractivity contribution in [1.82, 2.24) is 9.55 Å². The summed E-state index contributed by atoms with van der Waals surface area (Å²) in [6.45, 7) is 2.16. The van der Waals surface area contributed by atoms with Crippen molar-refractivity contribution >= 4 is 17.0 Å². The van der Waals surface area contributed by atoms with Crippen molar-refractivity contribution in [3.8, 4) is 0 Å². The number of hydrogen-bond acceptors (Lipinski definition) is 2. The highest BCUT2D eigenvalue weighted by atomic mass is 19.1.